The van der Waals surface area contributed by atoms with E-state index in [2.05, 4.69) is 16.7 Å². The molecule has 0 amide bonds. The van der Waals surface area contributed by atoms with Gasteiger partial charge in [0, 0.05) is 53.1 Å². The molecule has 1 aliphatic heterocycles. The third-order valence-corrected chi connectivity index (χ3v) is 4.56. The van der Waals surface area contributed by atoms with Crippen molar-refractivity contribution < 1.29 is 8.95 Å². The van der Waals surface area contributed by atoms with Crippen LogP contribution in [0.2, 0.25) is 0 Å². The van der Waals surface area contributed by atoms with E-state index in [1.54, 1.807) is 7.11 Å². The average Bonchev–Trinajstić information content (AvgIpc) is 2.48. The molecule has 2 N–H and O–H groups in total. The lowest BCUT2D eigenvalue weighted by molar-refractivity contribution is 0.285. The zero-order chi connectivity index (χ0) is 14.4. The summed E-state index contributed by atoms with van der Waals surface area (Å²) in [6.45, 7) is 2.90. The summed E-state index contributed by atoms with van der Waals surface area (Å²) < 4.78 is 16.8. The van der Waals surface area contributed by atoms with Crippen molar-refractivity contribution >= 4 is 10.8 Å². The van der Waals surface area contributed by atoms with Crippen LogP contribution in [0.4, 0.5) is 0 Å². The Kier molecular flexibility index (Phi) is 5.60. The summed E-state index contributed by atoms with van der Waals surface area (Å²) in [6, 6.07) is 5.93. The molecule has 1 aromatic rings. The SMILES string of the molecule is COc1ccc(C#CCN)cc1CN1CCS(=O)CC1. The third-order valence-electron chi connectivity index (χ3n) is 3.28. The summed E-state index contributed by atoms with van der Waals surface area (Å²) in [6.07, 6.45) is 0. The van der Waals surface area contributed by atoms with Crippen molar-refractivity contribution in [2.24, 2.45) is 5.73 Å². The first kappa shape index (κ1) is 15.0. The summed E-state index contributed by atoms with van der Waals surface area (Å²) in [5, 5.41) is 0. The highest BCUT2D eigenvalue weighted by Crippen LogP contribution is 2.22. The second-order valence-corrected chi connectivity index (χ2v) is 6.35. The maximum absolute atomic E-state index is 11.4. The predicted molar refractivity (Wildman–Crippen MR) is 82.1 cm³/mol. The van der Waals surface area contributed by atoms with Gasteiger partial charge in [-0.15, -0.1) is 0 Å². The van der Waals surface area contributed by atoms with Crippen LogP contribution in [0.1, 0.15) is 11.1 Å². The zero-order valence-electron chi connectivity index (χ0n) is 11.7. The topological polar surface area (TPSA) is 55.6 Å². The summed E-state index contributed by atoms with van der Waals surface area (Å²) in [5.41, 5.74) is 7.46. The molecule has 0 bridgehead atoms. The van der Waals surface area contributed by atoms with Crippen LogP contribution >= 0.6 is 0 Å². The molecule has 108 valence electrons. The molecule has 0 aromatic heterocycles. The summed E-state index contributed by atoms with van der Waals surface area (Å²) >= 11 is 0. The first-order valence-electron chi connectivity index (χ1n) is 6.66. The highest BCUT2D eigenvalue weighted by Gasteiger charge is 2.16. The van der Waals surface area contributed by atoms with Crippen molar-refractivity contribution in [1.29, 1.82) is 0 Å². The van der Waals surface area contributed by atoms with Gasteiger partial charge in [-0.1, -0.05) is 11.8 Å². The molecule has 5 heteroatoms. The standard InChI is InChI=1S/C15H20N2O2S/c1-19-15-5-4-13(3-2-6-16)11-14(15)12-17-7-9-20(18)10-8-17/h4-5,11H,6-10,12,16H2,1H3. The number of methoxy groups -OCH3 is 1. The molecule has 0 aliphatic carbocycles. The highest BCUT2D eigenvalue weighted by atomic mass is 32.2. The lowest BCUT2D eigenvalue weighted by atomic mass is 10.1. The molecule has 1 aromatic carbocycles. The van der Waals surface area contributed by atoms with Crippen LogP contribution in [0.15, 0.2) is 18.2 Å². The quantitative estimate of drug-likeness (QED) is 0.828. The van der Waals surface area contributed by atoms with Crippen molar-refractivity contribution in [3.05, 3.63) is 29.3 Å². The minimum atomic E-state index is -0.644. The van der Waals surface area contributed by atoms with Gasteiger partial charge >= 0.3 is 0 Å². The Balaban J connectivity index is 2.13. The molecule has 1 fully saturated rings. The molecule has 0 saturated carbocycles. The van der Waals surface area contributed by atoms with E-state index in [-0.39, 0.29) is 0 Å². The molecule has 4 nitrogen and oxygen atoms in total. The first-order valence-corrected chi connectivity index (χ1v) is 8.15. The Morgan fingerprint density at radius 2 is 2.15 bits per heavy atom. The predicted octanol–water partition coefficient (Wildman–Crippen LogP) is 0.570. The highest BCUT2D eigenvalue weighted by molar-refractivity contribution is 7.85. The van der Waals surface area contributed by atoms with Gasteiger partial charge in [-0.3, -0.25) is 9.11 Å². The van der Waals surface area contributed by atoms with E-state index in [0.717, 1.165) is 48.0 Å². The molecule has 0 atom stereocenters. The maximum Gasteiger partial charge on any atom is 0.123 e. The van der Waals surface area contributed by atoms with Crippen molar-refractivity contribution in [2.45, 2.75) is 6.54 Å². The minimum absolute atomic E-state index is 0.360. The van der Waals surface area contributed by atoms with Gasteiger partial charge in [-0.2, -0.15) is 0 Å². The molecule has 1 saturated heterocycles. The first-order chi connectivity index (χ1) is 9.72. The van der Waals surface area contributed by atoms with Crippen molar-refractivity contribution in [3.8, 4) is 17.6 Å². The van der Waals surface area contributed by atoms with Crippen molar-refractivity contribution in [1.82, 2.24) is 4.90 Å². The molecular weight excluding hydrogens is 272 g/mol. The van der Waals surface area contributed by atoms with Crippen LogP contribution in [0.25, 0.3) is 0 Å². The molecule has 0 unspecified atom stereocenters. The van der Waals surface area contributed by atoms with Gasteiger partial charge in [0.2, 0.25) is 0 Å². The molecule has 0 radical (unpaired) electrons. The van der Waals surface area contributed by atoms with E-state index in [1.165, 1.54) is 0 Å². The third kappa shape index (κ3) is 4.07. The Bertz CT molecular complexity index is 539. The van der Waals surface area contributed by atoms with E-state index in [1.807, 2.05) is 18.2 Å². The van der Waals surface area contributed by atoms with Gasteiger partial charge in [0.05, 0.1) is 13.7 Å². The zero-order valence-corrected chi connectivity index (χ0v) is 12.5. The molecule has 20 heavy (non-hydrogen) atoms. The lowest BCUT2D eigenvalue weighted by Gasteiger charge is -2.26. The summed E-state index contributed by atoms with van der Waals surface area (Å²) in [4.78, 5) is 2.30. The Morgan fingerprint density at radius 3 is 2.80 bits per heavy atom. The molecule has 2 rings (SSSR count). The van der Waals surface area contributed by atoms with Crippen molar-refractivity contribution in [3.63, 3.8) is 0 Å². The van der Waals surface area contributed by atoms with Crippen LogP contribution in [0.3, 0.4) is 0 Å². The van der Waals surface area contributed by atoms with Gasteiger partial charge in [-0.25, -0.2) is 0 Å². The normalized spacial score (nSPS) is 16.5. The number of rotatable bonds is 3. The van der Waals surface area contributed by atoms with Crippen LogP contribution in [-0.2, 0) is 17.3 Å². The Morgan fingerprint density at radius 1 is 1.40 bits per heavy atom. The fraction of sp³-hybridized carbons (Fsp3) is 0.467. The van der Waals surface area contributed by atoms with E-state index in [0.29, 0.717) is 6.54 Å². The number of hydrogen-bond donors (Lipinski definition) is 1. The van der Waals surface area contributed by atoms with Gasteiger partial charge in [0.25, 0.3) is 0 Å². The van der Waals surface area contributed by atoms with Crippen LogP contribution in [0.5, 0.6) is 5.75 Å². The maximum atomic E-state index is 11.4. The second-order valence-electron chi connectivity index (χ2n) is 4.66. The second kappa shape index (κ2) is 7.44. The van der Waals surface area contributed by atoms with Crippen LogP contribution in [0, 0.1) is 11.8 Å². The van der Waals surface area contributed by atoms with Crippen molar-refractivity contribution in [2.75, 3.05) is 38.2 Å². The van der Waals surface area contributed by atoms with E-state index in [9.17, 15) is 4.21 Å². The van der Waals surface area contributed by atoms with Crippen LogP contribution < -0.4 is 10.5 Å². The fourth-order valence-corrected chi connectivity index (χ4v) is 3.34. The number of benzene rings is 1. The average molecular weight is 292 g/mol. The van der Waals surface area contributed by atoms with E-state index >= 15 is 0 Å². The molecule has 1 heterocycles. The minimum Gasteiger partial charge on any atom is -0.496 e. The Labute approximate surface area is 122 Å². The Hall–Kier alpha value is -1.35. The van der Waals surface area contributed by atoms with E-state index < -0.39 is 10.8 Å². The number of nitrogens with zero attached hydrogens (tertiary/aromatic N) is 1. The largest absolute Gasteiger partial charge is 0.496 e. The monoisotopic (exact) mass is 292 g/mol. The molecule has 1 aliphatic rings. The smallest absolute Gasteiger partial charge is 0.123 e. The van der Waals surface area contributed by atoms with Gasteiger partial charge in [0.1, 0.15) is 5.75 Å². The van der Waals surface area contributed by atoms with Crippen LogP contribution in [-0.4, -0.2) is 47.4 Å². The summed E-state index contributed by atoms with van der Waals surface area (Å²) in [7, 11) is 1.03. The van der Waals surface area contributed by atoms with Gasteiger partial charge in [-0.05, 0) is 18.2 Å². The molecule has 0 spiro atoms. The molecular formula is C15H20N2O2S. The number of hydrogen-bond acceptors (Lipinski definition) is 4. The lowest BCUT2D eigenvalue weighted by Crippen LogP contribution is -2.37. The summed E-state index contributed by atoms with van der Waals surface area (Å²) in [5.74, 6) is 8.29. The number of ether oxygens (including phenoxy) is 1. The fourth-order valence-electron chi connectivity index (χ4n) is 2.21. The number of nitrogens with two attached hydrogens (primary N) is 1. The van der Waals surface area contributed by atoms with Gasteiger partial charge in [0.15, 0.2) is 0 Å². The van der Waals surface area contributed by atoms with Gasteiger partial charge < -0.3 is 10.5 Å². The van der Waals surface area contributed by atoms with E-state index in [4.69, 9.17) is 10.5 Å².